The first-order chi connectivity index (χ1) is 12.4. The number of ether oxygens (including phenoxy) is 1. The number of likely N-dealkylation sites (tertiary alicyclic amines) is 1. The molecule has 0 bridgehead atoms. The lowest BCUT2D eigenvalue weighted by Crippen LogP contribution is -2.36. The minimum Gasteiger partial charge on any atom is -0.444 e. The van der Waals surface area contributed by atoms with Crippen molar-refractivity contribution in [2.75, 3.05) is 6.54 Å². The van der Waals surface area contributed by atoms with Crippen molar-refractivity contribution in [2.45, 2.75) is 64.5 Å². The summed E-state index contributed by atoms with van der Waals surface area (Å²) in [5.74, 6) is 0. The van der Waals surface area contributed by atoms with E-state index in [1.54, 1.807) is 22.4 Å². The summed E-state index contributed by atoms with van der Waals surface area (Å²) in [4.78, 5) is 18.4. The average molecular weight is 375 g/mol. The topological polar surface area (TPSA) is 68.2 Å². The highest BCUT2D eigenvalue weighted by molar-refractivity contribution is 7.11. The van der Waals surface area contributed by atoms with Crippen LogP contribution in [0, 0.1) is 0 Å². The molecule has 0 saturated carbocycles. The molecule has 1 atom stereocenters. The summed E-state index contributed by atoms with van der Waals surface area (Å²) in [6, 6.07) is 4.05. The summed E-state index contributed by atoms with van der Waals surface area (Å²) in [5, 5.41) is 10.6. The number of carbonyl (C=O) groups excluding carboxylic acids is 1. The molecule has 0 aromatic carbocycles. The molecule has 1 amide bonds. The van der Waals surface area contributed by atoms with E-state index in [4.69, 9.17) is 4.74 Å². The van der Waals surface area contributed by atoms with Gasteiger partial charge in [-0.25, -0.2) is 4.79 Å². The third-order valence-electron chi connectivity index (χ3n) is 4.23. The summed E-state index contributed by atoms with van der Waals surface area (Å²) in [6.45, 7) is 6.39. The molecular weight excluding hydrogens is 348 g/mol. The fourth-order valence-corrected chi connectivity index (χ4v) is 4.09. The van der Waals surface area contributed by atoms with Crippen molar-refractivity contribution in [2.24, 2.45) is 0 Å². The van der Waals surface area contributed by atoms with Crippen molar-refractivity contribution < 1.29 is 9.53 Å². The number of hydrogen-bond acceptors (Lipinski definition) is 6. The van der Waals surface area contributed by atoms with Crippen molar-refractivity contribution in [3.63, 3.8) is 0 Å². The molecule has 26 heavy (non-hydrogen) atoms. The zero-order valence-corrected chi connectivity index (χ0v) is 16.5. The molecule has 1 aliphatic heterocycles. The van der Waals surface area contributed by atoms with Crippen LogP contribution in [0.3, 0.4) is 0 Å². The van der Waals surface area contributed by atoms with Crippen LogP contribution in [-0.4, -0.2) is 38.3 Å². The number of pyridine rings is 1. The third kappa shape index (κ3) is 5.00. The zero-order valence-electron chi connectivity index (χ0n) is 15.6. The Morgan fingerprint density at radius 1 is 1.35 bits per heavy atom. The molecule has 1 saturated heterocycles. The molecule has 2 aromatic heterocycles. The molecule has 6 nitrogen and oxygen atoms in total. The monoisotopic (exact) mass is 374 g/mol. The van der Waals surface area contributed by atoms with E-state index < -0.39 is 5.60 Å². The second kappa shape index (κ2) is 8.12. The maximum Gasteiger partial charge on any atom is 0.410 e. The summed E-state index contributed by atoms with van der Waals surface area (Å²) < 4.78 is 5.53. The molecule has 140 valence electrons. The van der Waals surface area contributed by atoms with Gasteiger partial charge in [-0.15, -0.1) is 10.2 Å². The van der Waals surface area contributed by atoms with E-state index in [0.29, 0.717) is 0 Å². The minimum atomic E-state index is -0.483. The van der Waals surface area contributed by atoms with Gasteiger partial charge in [0.25, 0.3) is 0 Å². The molecule has 1 fully saturated rings. The number of aromatic nitrogens is 3. The highest BCUT2D eigenvalue weighted by atomic mass is 32.1. The number of nitrogens with zero attached hydrogens (tertiary/aromatic N) is 4. The van der Waals surface area contributed by atoms with Gasteiger partial charge >= 0.3 is 6.09 Å². The highest BCUT2D eigenvalue weighted by Gasteiger charge is 2.35. The molecule has 0 aliphatic carbocycles. The SMILES string of the molecule is CC(C)(C)OC(=O)N1CCCC1c1nnc(CCCc2cccnc2)s1. The van der Waals surface area contributed by atoms with Crippen LogP contribution in [0.4, 0.5) is 4.79 Å². The van der Waals surface area contributed by atoms with Crippen LogP contribution in [-0.2, 0) is 17.6 Å². The molecule has 0 N–H and O–H groups in total. The molecule has 3 heterocycles. The molecule has 2 aromatic rings. The molecule has 0 spiro atoms. The minimum absolute atomic E-state index is 0.00516. The van der Waals surface area contributed by atoms with E-state index in [1.807, 2.05) is 33.0 Å². The van der Waals surface area contributed by atoms with E-state index in [2.05, 4.69) is 21.2 Å². The van der Waals surface area contributed by atoms with Gasteiger partial charge in [-0.05, 0) is 58.1 Å². The average Bonchev–Trinajstić information content (AvgIpc) is 3.23. The Labute approximate surface area is 158 Å². The van der Waals surface area contributed by atoms with Gasteiger partial charge in [-0.3, -0.25) is 9.88 Å². The Balaban J connectivity index is 1.57. The summed E-state index contributed by atoms with van der Waals surface area (Å²) in [5.41, 5.74) is 0.757. The Bertz CT molecular complexity index is 727. The maximum absolute atomic E-state index is 12.4. The van der Waals surface area contributed by atoms with Crippen molar-refractivity contribution in [1.82, 2.24) is 20.1 Å². The maximum atomic E-state index is 12.4. The predicted molar refractivity (Wildman–Crippen MR) is 101 cm³/mol. The molecule has 1 aliphatic rings. The van der Waals surface area contributed by atoms with Crippen LogP contribution >= 0.6 is 11.3 Å². The van der Waals surface area contributed by atoms with E-state index in [-0.39, 0.29) is 12.1 Å². The Morgan fingerprint density at radius 3 is 2.92 bits per heavy atom. The quantitative estimate of drug-likeness (QED) is 0.785. The fraction of sp³-hybridized carbons (Fsp3) is 0.579. The van der Waals surface area contributed by atoms with Crippen molar-refractivity contribution >= 4 is 17.4 Å². The summed E-state index contributed by atoms with van der Waals surface area (Å²) in [7, 11) is 0. The predicted octanol–water partition coefficient (Wildman–Crippen LogP) is 4.18. The standard InChI is InChI=1S/C19H26N4O2S/c1-19(2,3)25-18(24)23-12-6-9-15(23)17-22-21-16(26-17)10-4-7-14-8-5-11-20-13-14/h5,8,11,13,15H,4,6-7,9-10,12H2,1-3H3. The number of amides is 1. The van der Waals surface area contributed by atoms with Gasteiger partial charge in [-0.2, -0.15) is 0 Å². The van der Waals surface area contributed by atoms with Crippen LogP contribution in [0.5, 0.6) is 0 Å². The molecule has 7 heteroatoms. The van der Waals surface area contributed by atoms with E-state index in [9.17, 15) is 4.79 Å². The lowest BCUT2D eigenvalue weighted by atomic mass is 10.1. The first kappa shape index (κ1) is 18.8. The van der Waals surface area contributed by atoms with E-state index in [1.165, 1.54) is 5.56 Å². The van der Waals surface area contributed by atoms with Gasteiger partial charge in [0.2, 0.25) is 0 Å². The van der Waals surface area contributed by atoms with Crippen LogP contribution in [0.15, 0.2) is 24.5 Å². The van der Waals surface area contributed by atoms with Crippen LogP contribution < -0.4 is 0 Å². The third-order valence-corrected chi connectivity index (χ3v) is 5.31. The van der Waals surface area contributed by atoms with Crippen molar-refractivity contribution in [3.8, 4) is 0 Å². The van der Waals surface area contributed by atoms with Crippen LogP contribution in [0.1, 0.15) is 61.7 Å². The summed E-state index contributed by atoms with van der Waals surface area (Å²) >= 11 is 1.62. The second-order valence-electron chi connectivity index (χ2n) is 7.58. The van der Waals surface area contributed by atoms with Crippen LogP contribution in [0.2, 0.25) is 0 Å². The highest BCUT2D eigenvalue weighted by Crippen LogP contribution is 2.34. The largest absolute Gasteiger partial charge is 0.444 e. The van der Waals surface area contributed by atoms with Gasteiger partial charge in [0.1, 0.15) is 15.6 Å². The zero-order chi connectivity index (χ0) is 18.6. The lowest BCUT2D eigenvalue weighted by molar-refractivity contribution is 0.0224. The van der Waals surface area contributed by atoms with Gasteiger partial charge in [0.15, 0.2) is 0 Å². The van der Waals surface area contributed by atoms with Gasteiger partial charge in [-0.1, -0.05) is 17.4 Å². The van der Waals surface area contributed by atoms with Gasteiger partial charge in [0, 0.05) is 25.4 Å². The van der Waals surface area contributed by atoms with Gasteiger partial charge < -0.3 is 4.74 Å². The van der Waals surface area contributed by atoms with Crippen LogP contribution in [0.25, 0.3) is 0 Å². The summed E-state index contributed by atoms with van der Waals surface area (Å²) in [6.07, 6.45) is 8.22. The Kier molecular flexibility index (Phi) is 5.86. The second-order valence-corrected chi connectivity index (χ2v) is 8.67. The first-order valence-corrected chi connectivity index (χ1v) is 9.95. The van der Waals surface area contributed by atoms with Crippen molar-refractivity contribution in [1.29, 1.82) is 0 Å². The Morgan fingerprint density at radius 2 is 2.19 bits per heavy atom. The number of rotatable bonds is 5. The van der Waals surface area contributed by atoms with E-state index in [0.717, 1.165) is 48.7 Å². The molecule has 0 radical (unpaired) electrons. The fourth-order valence-electron chi connectivity index (χ4n) is 3.05. The lowest BCUT2D eigenvalue weighted by Gasteiger charge is -2.27. The number of hydrogen-bond donors (Lipinski definition) is 0. The normalized spacial score (nSPS) is 17.5. The smallest absolute Gasteiger partial charge is 0.410 e. The molecule has 3 rings (SSSR count). The van der Waals surface area contributed by atoms with E-state index >= 15 is 0 Å². The first-order valence-electron chi connectivity index (χ1n) is 9.13. The molecular formula is C19H26N4O2S. The number of carbonyl (C=O) groups is 1. The van der Waals surface area contributed by atoms with Gasteiger partial charge in [0.05, 0.1) is 6.04 Å². The number of aryl methyl sites for hydroxylation is 2. The molecule has 1 unspecified atom stereocenters. The van der Waals surface area contributed by atoms with Crippen molar-refractivity contribution in [3.05, 3.63) is 40.1 Å². The Hall–Kier alpha value is -2.02.